The molecule has 1 saturated carbocycles. The van der Waals surface area contributed by atoms with Gasteiger partial charge in [0.15, 0.2) is 0 Å². The second-order valence-corrected chi connectivity index (χ2v) is 5.71. The number of rotatable bonds is 3. The molecule has 19 heavy (non-hydrogen) atoms. The summed E-state index contributed by atoms with van der Waals surface area (Å²) in [6.45, 7) is 2.32. The SMILES string of the molecule is CC(Nc1cccc2cccnc12)C1CCCCC1. The quantitative estimate of drug-likeness (QED) is 0.864. The molecule has 1 aromatic heterocycles. The summed E-state index contributed by atoms with van der Waals surface area (Å²) in [6.07, 6.45) is 8.81. The molecule has 2 nitrogen and oxygen atoms in total. The smallest absolute Gasteiger partial charge is 0.0933 e. The number of hydrogen-bond acceptors (Lipinski definition) is 2. The molecular weight excluding hydrogens is 232 g/mol. The number of hydrogen-bond donors (Lipinski definition) is 1. The third-order valence-electron chi connectivity index (χ3n) is 4.37. The van der Waals surface area contributed by atoms with Crippen molar-refractivity contribution in [3.8, 4) is 0 Å². The number of benzene rings is 1. The predicted octanol–water partition coefficient (Wildman–Crippen LogP) is 4.62. The summed E-state index contributed by atoms with van der Waals surface area (Å²) in [4.78, 5) is 4.52. The number of anilines is 1. The van der Waals surface area contributed by atoms with Gasteiger partial charge in [-0.25, -0.2) is 0 Å². The second kappa shape index (κ2) is 5.60. The zero-order valence-corrected chi connectivity index (χ0v) is 11.6. The second-order valence-electron chi connectivity index (χ2n) is 5.71. The molecule has 0 bridgehead atoms. The highest BCUT2D eigenvalue weighted by Gasteiger charge is 2.20. The molecule has 1 aliphatic rings. The highest BCUT2D eigenvalue weighted by atomic mass is 14.9. The lowest BCUT2D eigenvalue weighted by molar-refractivity contribution is 0.328. The molecule has 100 valence electrons. The van der Waals surface area contributed by atoms with Gasteiger partial charge in [0.25, 0.3) is 0 Å². The highest BCUT2D eigenvalue weighted by molar-refractivity contribution is 5.90. The fourth-order valence-corrected chi connectivity index (χ4v) is 3.22. The van der Waals surface area contributed by atoms with Gasteiger partial charge in [0.1, 0.15) is 0 Å². The van der Waals surface area contributed by atoms with Crippen LogP contribution >= 0.6 is 0 Å². The first-order valence-electron chi connectivity index (χ1n) is 7.45. The molecule has 2 aromatic rings. The Balaban J connectivity index is 1.80. The number of pyridine rings is 1. The van der Waals surface area contributed by atoms with E-state index in [9.17, 15) is 0 Å². The maximum absolute atomic E-state index is 4.52. The van der Waals surface area contributed by atoms with Crippen molar-refractivity contribution < 1.29 is 0 Å². The molecule has 1 aliphatic carbocycles. The molecule has 0 aliphatic heterocycles. The number of aromatic nitrogens is 1. The Labute approximate surface area is 115 Å². The molecular formula is C17H22N2. The molecule has 1 N–H and O–H groups in total. The molecule has 0 amide bonds. The molecule has 0 spiro atoms. The Morgan fingerprint density at radius 1 is 1.11 bits per heavy atom. The Bertz CT molecular complexity index is 538. The summed E-state index contributed by atoms with van der Waals surface area (Å²) in [5.41, 5.74) is 2.27. The van der Waals surface area contributed by atoms with Crippen molar-refractivity contribution in [3.63, 3.8) is 0 Å². The van der Waals surface area contributed by atoms with Gasteiger partial charge in [0.05, 0.1) is 11.2 Å². The van der Waals surface area contributed by atoms with Crippen molar-refractivity contribution in [2.75, 3.05) is 5.32 Å². The topological polar surface area (TPSA) is 24.9 Å². The lowest BCUT2D eigenvalue weighted by Gasteiger charge is -2.29. The van der Waals surface area contributed by atoms with E-state index >= 15 is 0 Å². The number of para-hydroxylation sites is 1. The number of nitrogens with one attached hydrogen (secondary N) is 1. The normalized spacial score (nSPS) is 18.4. The average molecular weight is 254 g/mol. The Kier molecular flexibility index (Phi) is 3.67. The number of nitrogens with zero attached hydrogens (tertiary/aromatic N) is 1. The summed E-state index contributed by atoms with van der Waals surface area (Å²) in [5, 5.41) is 4.90. The molecule has 1 atom stereocenters. The van der Waals surface area contributed by atoms with Crippen molar-refractivity contribution in [2.24, 2.45) is 5.92 Å². The van der Waals surface area contributed by atoms with E-state index in [0.29, 0.717) is 6.04 Å². The maximum Gasteiger partial charge on any atom is 0.0933 e. The summed E-state index contributed by atoms with van der Waals surface area (Å²) in [6, 6.07) is 11.0. The van der Waals surface area contributed by atoms with Crippen LogP contribution in [0, 0.1) is 5.92 Å². The van der Waals surface area contributed by atoms with Gasteiger partial charge >= 0.3 is 0 Å². The van der Waals surface area contributed by atoms with Gasteiger partial charge in [-0.15, -0.1) is 0 Å². The minimum absolute atomic E-state index is 0.535. The van der Waals surface area contributed by atoms with E-state index in [1.165, 1.54) is 43.2 Å². The van der Waals surface area contributed by atoms with Crippen LogP contribution in [0.25, 0.3) is 10.9 Å². The van der Waals surface area contributed by atoms with Gasteiger partial charge in [-0.3, -0.25) is 4.98 Å². The van der Waals surface area contributed by atoms with E-state index in [-0.39, 0.29) is 0 Å². The molecule has 2 heteroatoms. The van der Waals surface area contributed by atoms with Crippen LogP contribution in [0.3, 0.4) is 0 Å². The van der Waals surface area contributed by atoms with Gasteiger partial charge in [0, 0.05) is 17.6 Å². The van der Waals surface area contributed by atoms with Gasteiger partial charge in [-0.05, 0) is 37.8 Å². The monoisotopic (exact) mass is 254 g/mol. The van der Waals surface area contributed by atoms with Crippen molar-refractivity contribution in [2.45, 2.75) is 45.1 Å². The van der Waals surface area contributed by atoms with Gasteiger partial charge in [0.2, 0.25) is 0 Å². The van der Waals surface area contributed by atoms with Crippen molar-refractivity contribution in [1.29, 1.82) is 0 Å². The van der Waals surface area contributed by atoms with E-state index in [0.717, 1.165) is 11.4 Å². The van der Waals surface area contributed by atoms with E-state index in [2.05, 4.69) is 41.5 Å². The van der Waals surface area contributed by atoms with Crippen LogP contribution in [-0.4, -0.2) is 11.0 Å². The third-order valence-corrected chi connectivity index (χ3v) is 4.37. The van der Waals surface area contributed by atoms with Crippen molar-refractivity contribution in [1.82, 2.24) is 4.98 Å². The van der Waals surface area contributed by atoms with Crippen LogP contribution in [0.4, 0.5) is 5.69 Å². The highest BCUT2D eigenvalue weighted by Crippen LogP contribution is 2.29. The zero-order valence-electron chi connectivity index (χ0n) is 11.6. The summed E-state index contributed by atoms with van der Waals surface area (Å²) < 4.78 is 0. The van der Waals surface area contributed by atoms with Crippen LogP contribution in [0.1, 0.15) is 39.0 Å². The first kappa shape index (κ1) is 12.5. The van der Waals surface area contributed by atoms with Crippen molar-refractivity contribution in [3.05, 3.63) is 36.5 Å². The molecule has 0 radical (unpaired) electrons. The molecule has 1 fully saturated rings. The Hall–Kier alpha value is -1.57. The van der Waals surface area contributed by atoms with Crippen LogP contribution in [0.15, 0.2) is 36.5 Å². The molecule has 1 unspecified atom stereocenters. The lowest BCUT2D eigenvalue weighted by Crippen LogP contribution is -2.27. The standard InChI is InChI=1S/C17H22N2/c1-13(14-7-3-2-4-8-14)19-16-11-5-9-15-10-6-12-18-17(15)16/h5-6,9-14,19H,2-4,7-8H2,1H3. The van der Waals surface area contributed by atoms with Crippen molar-refractivity contribution >= 4 is 16.6 Å². The predicted molar refractivity (Wildman–Crippen MR) is 81.4 cm³/mol. The minimum atomic E-state index is 0.535. The summed E-state index contributed by atoms with van der Waals surface area (Å²) in [7, 11) is 0. The van der Waals surface area contributed by atoms with Crippen LogP contribution in [0.5, 0.6) is 0 Å². The van der Waals surface area contributed by atoms with Crippen LogP contribution < -0.4 is 5.32 Å². The first-order valence-corrected chi connectivity index (χ1v) is 7.45. The van der Waals surface area contributed by atoms with Crippen LogP contribution in [0.2, 0.25) is 0 Å². The van der Waals surface area contributed by atoms with Gasteiger partial charge < -0.3 is 5.32 Å². The van der Waals surface area contributed by atoms with Crippen LogP contribution in [-0.2, 0) is 0 Å². The number of fused-ring (bicyclic) bond motifs is 1. The van der Waals surface area contributed by atoms with Gasteiger partial charge in [-0.2, -0.15) is 0 Å². The van der Waals surface area contributed by atoms with E-state index < -0.39 is 0 Å². The zero-order chi connectivity index (χ0) is 13.1. The molecule has 1 aromatic carbocycles. The first-order chi connectivity index (χ1) is 9.34. The Morgan fingerprint density at radius 3 is 2.74 bits per heavy atom. The largest absolute Gasteiger partial charge is 0.381 e. The maximum atomic E-state index is 4.52. The van der Waals surface area contributed by atoms with Gasteiger partial charge in [-0.1, -0.05) is 37.5 Å². The molecule has 3 rings (SSSR count). The molecule has 1 heterocycles. The fourth-order valence-electron chi connectivity index (χ4n) is 3.22. The fraction of sp³-hybridized carbons (Fsp3) is 0.471. The Morgan fingerprint density at radius 2 is 1.89 bits per heavy atom. The molecule has 0 saturated heterocycles. The summed E-state index contributed by atoms with van der Waals surface area (Å²) >= 11 is 0. The van der Waals surface area contributed by atoms with E-state index in [4.69, 9.17) is 0 Å². The lowest BCUT2D eigenvalue weighted by atomic mass is 9.84. The third kappa shape index (κ3) is 2.73. The average Bonchev–Trinajstić information content (AvgIpc) is 2.48. The minimum Gasteiger partial charge on any atom is -0.381 e. The van der Waals surface area contributed by atoms with E-state index in [1.54, 1.807) is 0 Å². The summed E-state index contributed by atoms with van der Waals surface area (Å²) in [5.74, 6) is 0.813. The van der Waals surface area contributed by atoms with E-state index in [1.807, 2.05) is 12.3 Å².